The SMILES string of the molecule is Cc1ccc(Cl)cc1C1=CC=NNN1CC(=O)O. The molecule has 0 saturated carbocycles. The second-order valence-electron chi connectivity index (χ2n) is 3.87. The number of halogens is 1. The van der Waals surface area contributed by atoms with Crippen LogP contribution >= 0.6 is 11.6 Å². The first-order valence-electron chi connectivity index (χ1n) is 5.33. The molecule has 0 saturated heterocycles. The van der Waals surface area contributed by atoms with Gasteiger partial charge in [0.2, 0.25) is 0 Å². The van der Waals surface area contributed by atoms with E-state index in [1.54, 1.807) is 24.4 Å². The number of carbonyl (C=O) groups is 1. The van der Waals surface area contributed by atoms with E-state index < -0.39 is 5.97 Å². The number of hydrazine groups is 1. The number of hydrogen-bond acceptors (Lipinski definition) is 4. The van der Waals surface area contributed by atoms with Crippen LogP contribution in [0.5, 0.6) is 0 Å². The highest BCUT2D eigenvalue weighted by atomic mass is 35.5. The van der Waals surface area contributed by atoms with Gasteiger partial charge in [0, 0.05) is 10.6 Å². The van der Waals surface area contributed by atoms with Crippen LogP contribution in [0.3, 0.4) is 0 Å². The third-order valence-electron chi connectivity index (χ3n) is 2.55. The molecule has 0 radical (unpaired) electrons. The number of benzene rings is 1. The predicted octanol–water partition coefficient (Wildman–Crippen LogP) is 1.88. The molecule has 0 amide bonds. The summed E-state index contributed by atoms with van der Waals surface area (Å²) in [5.74, 6) is -0.940. The summed E-state index contributed by atoms with van der Waals surface area (Å²) in [6, 6.07) is 5.49. The minimum Gasteiger partial charge on any atom is -0.480 e. The number of hydrogen-bond donors (Lipinski definition) is 2. The first kappa shape index (κ1) is 12.4. The van der Waals surface area contributed by atoms with Gasteiger partial charge >= 0.3 is 5.97 Å². The minimum absolute atomic E-state index is 0.185. The maximum absolute atomic E-state index is 10.8. The number of nitrogens with one attached hydrogen (secondary N) is 1. The van der Waals surface area contributed by atoms with Crippen molar-refractivity contribution < 1.29 is 9.90 Å². The zero-order valence-electron chi connectivity index (χ0n) is 9.72. The van der Waals surface area contributed by atoms with E-state index in [0.29, 0.717) is 5.02 Å². The average molecular weight is 266 g/mol. The van der Waals surface area contributed by atoms with Crippen molar-refractivity contribution in [2.75, 3.05) is 6.54 Å². The molecular formula is C12H12ClN3O2. The Bertz CT molecular complexity index is 540. The number of hydrazone groups is 1. The summed E-state index contributed by atoms with van der Waals surface area (Å²) in [5.41, 5.74) is 5.27. The molecule has 2 N–H and O–H groups in total. The molecule has 1 aromatic rings. The maximum Gasteiger partial charge on any atom is 0.325 e. The Balaban J connectivity index is 2.39. The van der Waals surface area contributed by atoms with Crippen LogP contribution in [0.1, 0.15) is 11.1 Å². The Morgan fingerprint density at radius 3 is 3.06 bits per heavy atom. The van der Waals surface area contributed by atoms with Crippen LogP contribution in [-0.4, -0.2) is 28.8 Å². The molecule has 6 heteroatoms. The first-order valence-corrected chi connectivity index (χ1v) is 5.70. The van der Waals surface area contributed by atoms with Gasteiger partial charge in [0.25, 0.3) is 0 Å². The van der Waals surface area contributed by atoms with Crippen LogP contribution < -0.4 is 5.53 Å². The molecule has 0 unspecified atom stereocenters. The van der Waals surface area contributed by atoms with Gasteiger partial charge in [-0.2, -0.15) is 5.10 Å². The summed E-state index contributed by atoms with van der Waals surface area (Å²) in [6.07, 6.45) is 3.33. The Labute approximate surface area is 109 Å². The van der Waals surface area contributed by atoms with E-state index in [-0.39, 0.29) is 6.54 Å². The standard InChI is InChI=1S/C12H12ClN3O2/c1-8-2-3-9(13)6-10(8)11-4-5-14-15-16(11)7-12(17)18/h2-6,15H,7H2,1H3,(H,17,18). The van der Waals surface area contributed by atoms with Crippen molar-refractivity contribution in [3.63, 3.8) is 0 Å². The molecule has 0 spiro atoms. The van der Waals surface area contributed by atoms with Gasteiger partial charge in [0.05, 0.1) is 11.9 Å². The fraction of sp³-hybridized carbons (Fsp3) is 0.167. The van der Waals surface area contributed by atoms with Crippen molar-refractivity contribution in [2.45, 2.75) is 6.92 Å². The summed E-state index contributed by atoms with van der Waals surface area (Å²) in [5, 5.41) is 14.8. The molecule has 18 heavy (non-hydrogen) atoms. The van der Waals surface area contributed by atoms with Gasteiger partial charge < -0.3 is 5.11 Å². The highest BCUT2D eigenvalue weighted by Gasteiger charge is 2.18. The Morgan fingerprint density at radius 2 is 2.33 bits per heavy atom. The fourth-order valence-electron chi connectivity index (χ4n) is 1.72. The van der Waals surface area contributed by atoms with Gasteiger partial charge in [-0.1, -0.05) is 17.7 Å². The van der Waals surface area contributed by atoms with Gasteiger partial charge in [-0.15, -0.1) is 0 Å². The quantitative estimate of drug-likeness (QED) is 0.876. The second-order valence-corrected chi connectivity index (χ2v) is 4.31. The number of allylic oxidation sites excluding steroid dienone is 1. The highest BCUT2D eigenvalue weighted by molar-refractivity contribution is 6.30. The summed E-state index contributed by atoms with van der Waals surface area (Å²) >= 11 is 5.97. The lowest BCUT2D eigenvalue weighted by Crippen LogP contribution is -2.39. The highest BCUT2D eigenvalue weighted by Crippen LogP contribution is 2.25. The second kappa shape index (κ2) is 5.10. The Kier molecular flexibility index (Phi) is 3.53. The van der Waals surface area contributed by atoms with Gasteiger partial charge in [-0.05, 0) is 30.7 Å². The zero-order chi connectivity index (χ0) is 13.1. The van der Waals surface area contributed by atoms with Crippen LogP contribution in [0, 0.1) is 6.92 Å². The number of aliphatic carboxylic acids is 1. The predicted molar refractivity (Wildman–Crippen MR) is 70.1 cm³/mol. The molecule has 1 aliphatic rings. The van der Waals surface area contributed by atoms with Crippen LogP contribution in [0.15, 0.2) is 29.4 Å². The van der Waals surface area contributed by atoms with Gasteiger partial charge in [0.15, 0.2) is 0 Å². The van der Waals surface area contributed by atoms with Gasteiger partial charge in [-0.3, -0.25) is 9.80 Å². The normalized spacial score (nSPS) is 14.1. The molecule has 1 aliphatic heterocycles. The van der Waals surface area contributed by atoms with Crippen molar-refractivity contribution in [1.82, 2.24) is 10.5 Å². The molecule has 0 aromatic heterocycles. The number of carboxylic acids is 1. The van der Waals surface area contributed by atoms with Crippen molar-refractivity contribution in [3.8, 4) is 0 Å². The van der Waals surface area contributed by atoms with E-state index >= 15 is 0 Å². The molecule has 0 atom stereocenters. The number of aryl methyl sites for hydroxylation is 1. The summed E-state index contributed by atoms with van der Waals surface area (Å²) in [7, 11) is 0. The van der Waals surface area contributed by atoms with Gasteiger partial charge in [-0.25, -0.2) is 5.53 Å². The van der Waals surface area contributed by atoms with Crippen LogP contribution in [0.2, 0.25) is 5.02 Å². The summed E-state index contributed by atoms with van der Waals surface area (Å²) < 4.78 is 0. The van der Waals surface area contributed by atoms with E-state index in [4.69, 9.17) is 16.7 Å². The van der Waals surface area contributed by atoms with E-state index in [9.17, 15) is 4.79 Å². The molecule has 1 aromatic carbocycles. The van der Waals surface area contributed by atoms with Crippen molar-refractivity contribution in [2.24, 2.45) is 5.10 Å². The van der Waals surface area contributed by atoms with E-state index in [2.05, 4.69) is 10.6 Å². The topological polar surface area (TPSA) is 64.9 Å². The number of carboxylic acid groups (broad SMARTS) is 1. The summed E-state index contributed by atoms with van der Waals surface area (Å²) in [6.45, 7) is 1.76. The average Bonchev–Trinajstić information content (AvgIpc) is 2.32. The fourth-order valence-corrected chi connectivity index (χ4v) is 1.89. The maximum atomic E-state index is 10.8. The molecule has 94 valence electrons. The van der Waals surface area contributed by atoms with E-state index in [1.807, 2.05) is 13.0 Å². The third kappa shape index (κ3) is 2.62. The van der Waals surface area contributed by atoms with Crippen molar-refractivity contribution >= 4 is 29.5 Å². The molecule has 0 fully saturated rings. The number of rotatable bonds is 3. The van der Waals surface area contributed by atoms with Crippen molar-refractivity contribution in [1.29, 1.82) is 0 Å². The molecule has 0 bridgehead atoms. The van der Waals surface area contributed by atoms with Crippen LogP contribution in [0.25, 0.3) is 5.70 Å². The molecule has 0 aliphatic carbocycles. The lowest BCUT2D eigenvalue weighted by atomic mass is 10.0. The monoisotopic (exact) mass is 265 g/mol. The lowest BCUT2D eigenvalue weighted by molar-refractivity contribution is -0.138. The molecular weight excluding hydrogens is 254 g/mol. The number of nitrogens with zero attached hydrogens (tertiary/aromatic N) is 2. The molecule has 2 rings (SSSR count). The van der Waals surface area contributed by atoms with E-state index in [1.165, 1.54) is 5.01 Å². The van der Waals surface area contributed by atoms with E-state index in [0.717, 1.165) is 16.8 Å². The summed E-state index contributed by atoms with van der Waals surface area (Å²) in [4.78, 5) is 10.8. The lowest BCUT2D eigenvalue weighted by Gasteiger charge is -2.27. The largest absolute Gasteiger partial charge is 0.480 e. The Morgan fingerprint density at radius 1 is 1.56 bits per heavy atom. The smallest absolute Gasteiger partial charge is 0.325 e. The molecule has 5 nitrogen and oxygen atoms in total. The molecule has 1 heterocycles. The minimum atomic E-state index is -0.940. The third-order valence-corrected chi connectivity index (χ3v) is 2.78. The Hall–Kier alpha value is -2.01. The zero-order valence-corrected chi connectivity index (χ0v) is 10.5. The van der Waals surface area contributed by atoms with Crippen LogP contribution in [-0.2, 0) is 4.79 Å². The van der Waals surface area contributed by atoms with Crippen LogP contribution in [0.4, 0.5) is 0 Å². The van der Waals surface area contributed by atoms with Crippen molar-refractivity contribution in [3.05, 3.63) is 40.4 Å². The van der Waals surface area contributed by atoms with Gasteiger partial charge in [0.1, 0.15) is 6.54 Å². The first-order chi connectivity index (χ1) is 8.58.